The molecule has 0 spiro atoms. The summed E-state index contributed by atoms with van der Waals surface area (Å²) in [4.78, 5) is 21.4. The zero-order valence-electron chi connectivity index (χ0n) is 9.21. The van der Waals surface area contributed by atoms with Crippen molar-refractivity contribution in [1.82, 2.24) is 5.32 Å². The summed E-state index contributed by atoms with van der Waals surface area (Å²) < 4.78 is 48.7. The molecule has 0 aliphatic carbocycles. The molecule has 2 N–H and O–H groups in total. The molecule has 0 aliphatic heterocycles. The zero-order valence-corrected chi connectivity index (χ0v) is 9.21. The minimum Gasteiger partial charge on any atom is -0.480 e. The average molecular weight is 259 g/mol. The van der Waals surface area contributed by atoms with E-state index in [4.69, 9.17) is 5.11 Å². The molecule has 0 rings (SSSR count). The van der Waals surface area contributed by atoms with E-state index in [1.165, 1.54) is 5.32 Å². The van der Waals surface area contributed by atoms with E-state index in [-0.39, 0.29) is 12.3 Å². The largest absolute Gasteiger partial charge is 0.480 e. The van der Waals surface area contributed by atoms with E-state index in [1.54, 1.807) is 13.8 Å². The lowest BCUT2D eigenvalue weighted by molar-refractivity contribution is -0.171. The van der Waals surface area contributed by atoms with Crippen LogP contribution >= 0.6 is 0 Å². The summed E-state index contributed by atoms with van der Waals surface area (Å²) in [6.07, 6.45) is -4.29. The molecular weight excluding hydrogens is 246 g/mol. The summed E-state index contributed by atoms with van der Waals surface area (Å²) in [5.41, 5.74) is 0. The number of carbonyl (C=O) groups excluding carboxylic acids is 1. The summed E-state index contributed by atoms with van der Waals surface area (Å²) in [6.45, 7) is 3.21. The summed E-state index contributed by atoms with van der Waals surface area (Å²) in [6, 6.07) is -1.60. The van der Waals surface area contributed by atoms with Gasteiger partial charge in [0.1, 0.15) is 6.04 Å². The Kier molecular flexibility index (Phi) is 5.37. The molecule has 1 atom stereocenters. The molecular formula is C9H13F4NO3. The second-order valence-electron chi connectivity index (χ2n) is 3.92. The summed E-state index contributed by atoms with van der Waals surface area (Å²) in [5, 5.41) is 10.0. The Hall–Kier alpha value is -1.34. The van der Waals surface area contributed by atoms with E-state index in [0.717, 1.165) is 0 Å². The molecule has 0 fully saturated rings. The van der Waals surface area contributed by atoms with Gasteiger partial charge in [-0.1, -0.05) is 13.8 Å². The van der Waals surface area contributed by atoms with E-state index in [9.17, 15) is 27.2 Å². The lowest BCUT2D eigenvalue weighted by Gasteiger charge is -2.20. The Balaban J connectivity index is 4.67. The minimum atomic E-state index is -4.88. The lowest BCUT2D eigenvalue weighted by Crippen LogP contribution is -2.51. The Morgan fingerprint density at radius 1 is 1.29 bits per heavy atom. The van der Waals surface area contributed by atoms with E-state index in [0.29, 0.717) is 0 Å². The number of nitrogens with one attached hydrogen (secondary N) is 1. The molecule has 0 bridgehead atoms. The normalized spacial score (nSPS) is 13.9. The van der Waals surface area contributed by atoms with Crippen molar-refractivity contribution in [2.45, 2.75) is 38.7 Å². The lowest BCUT2D eigenvalue weighted by atomic mass is 10.0. The minimum absolute atomic E-state index is 0.125. The topological polar surface area (TPSA) is 66.4 Å². The van der Waals surface area contributed by atoms with Crippen LogP contribution in [0.1, 0.15) is 20.3 Å². The summed E-state index contributed by atoms with van der Waals surface area (Å²) >= 11 is 0. The van der Waals surface area contributed by atoms with Crippen LogP contribution in [-0.2, 0) is 9.59 Å². The standard InChI is InChI=1S/C9H13F4NO3/c1-4(2)3-5(6(15)16)14-8(17)9(12,13)7(10)11/h4-5,7H,3H2,1-2H3,(H,14,17)(H,15,16). The Bertz CT molecular complexity index is 294. The molecule has 0 saturated heterocycles. The Morgan fingerprint density at radius 3 is 2.06 bits per heavy atom. The highest BCUT2D eigenvalue weighted by atomic mass is 19.3. The van der Waals surface area contributed by atoms with Crippen molar-refractivity contribution in [2.24, 2.45) is 5.92 Å². The molecule has 0 aromatic rings. The first-order valence-corrected chi connectivity index (χ1v) is 4.78. The quantitative estimate of drug-likeness (QED) is 0.710. The van der Waals surface area contributed by atoms with Gasteiger partial charge in [0.05, 0.1) is 0 Å². The van der Waals surface area contributed by atoms with Gasteiger partial charge in [0.2, 0.25) is 0 Å². The van der Waals surface area contributed by atoms with Gasteiger partial charge in [0, 0.05) is 0 Å². The van der Waals surface area contributed by atoms with E-state index >= 15 is 0 Å². The molecule has 0 aromatic carbocycles. The average Bonchev–Trinajstić information content (AvgIpc) is 2.15. The van der Waals surface area contributed by atoms with E-state index in [1.807, 2.05) is 0 Å². The fourth-order valence-corrected chi connectivity index (χ4v) is 1.05. The van der Waals surface area contributed by atoms with Crippen molar-refractivity contribution in [2.75, 3.05) is 0 Å². The van der Waals surface area contributed by atoms with Crippen LogP contribution in [0.4, 0.5) is 17.6 Å². The third kappa shape index (κ3) is 4.58. The third-order valence-electron chi connectivity index (χ3n) is 1.89. The number of carboxylic acids is 1. The molecule has 1 unspecified atom stereocenters. The van der Waals surface area contributed by atoms with Crippen molar-refractivity contribution in [3.05, 3.63) is 0 Å². The number of hydrogen-bond donors (Lipinski definition) is 2. The maximum absolute atomic E-state index is 12.5. The van der Waals surface area contributed by atoms with Gasteiger partial charge in [0.15, 0.2) is 0 Å². The van der Waals surface area contributed by atoms with Crippen molar-refractivity contribution >= 4 is 11.9 Å². The van der Waals surface area contributed by atoms with Gasteiger partial charge < -0.3 is 10.4 Å². The first-order chi connectivity index (χ1) is 7.59. The fraction of sp³-hybridized carbons (Fsp3) is 0.778. The molecule has 0 aromatic heterocycles. The molecule has 4 nitrogen and oxygen atoms in total. The Morgan fingerprint density at radius 2 is 1.76 bits per heavy atom. The van der Waals surface area contributed by atoms with Crippen LogP contribution in [0.2, 0.25) is 0 Å². The van der Waals surface area contributed by atoms with Gasteiger partial charge in [0.25, 0.3) is 5.91 Å². The monoisotopic (exact) mass is 259 g/mol. The highest BCUT2D eigenvalue weighted by Gasteiger charge is 2.49. The number of amides is 1. The van der Waals surface area contributed by atoms with Crippen LogP contribution < -0.4 is 5.32 Å². The number of halogens is 4. The van der Waals surface area contributed by atoms with E-state index < -0.39 is 30.3 Å². The maximum atomic E-state index is 12.5. The van der Waals surface area contributed by atoms with Crippen molar-refractivity contribution in [1.29, 1.82) is 0 Å². The van der Waals surface area contributed by atoms with Gasteiger partial charge in [-0.05, 0) is 12.3 Å². The van der Waals surface area contributed by atoms with Crippen molar-refractivity contribution in [3.8, 4) is 0 Å². The maximum Gasteiger partial charge on any atom is 0.383 e. The van der Waals surface area contributed by atoms with Crippen LogP contribution in [0.25, 0.3) is 0 Å². The van der Waals surface area contributed by atoms with Crippen molar-refractivity contribution < 1.29 is 32.3 Å². The Labute approximate surface area is 95.0 Å². The van der Waals surface area contributed by atoms with Gasteiger partial charge >= 0.3 is 18.3 Å². The smallest absolute Gasteiger partial charge is 0.383 e. The molecule has 0 radical (unpaired) electrons. The predicted octanol–water partition coefficient (Wildman–Crippen LogP) is 1.50. The second-order valence-corrected chi connectivity index (χ2v) is 3.92. The number of carboxylic acid groups (broad SMARTS) is 1. The van der Waals surface area contributed by atoms with Gasteiger partial charge in [-0.2, -0.15) is 8.78 Å². The third-order valence-corrected chi connectivity index (χ3v) is 1.89. The number of hydrogen-bond acceptors (Lipinski definition) is 2. The fourth-order valence-electron chi connectivity index (χ4n) is 1.05. The van der Waals surface area contributed by atoms with Crippen molar-refractivity contribution in [3.63, 3.8) is 0 Å². The molecule has 0 saturated carbocycles. The first-order valence-electron chi connectivity index (χ1n) is 4.78. The molecule has 17 heavy (non-hydrogen) atoms. The zero-order chi connectivity index (χ0) is 13.8. The number of carbonyl (C=O) groups is 2. The predicted molar refractivity (Wildman–Crippen MR) is 50.0 cm³/mol. The summed E-state index contributed by atoms with van der Waals surface area (Å²) in [7, 11) is 0. The van der Waals surface area contributed by atoms with Crippen LogP contribution in [0.15, 0.2) is 0 Å². The molecule has 1 amide bonds. The van der Waals surface area contributed by atoms with Crippen LogP contribution in [-0.4, -0.2) is 35.4 Å². The van der Waals surface area contributed by atoms with Crippen LogP contribution in [0.3, 0.4) is 0 Å². The number of alkyl halides is 4. The molecule has 0 aliphatic rings. The van der Waals surface area contributed by atoms with Crippen LogP contribution in [0.5, 0.6) is 0 Å². The molecule has 8 heteroatoms. The second kappa shape index (κ2) is 5.83. The van der Waals surface area contributed by atoms with Crippen LogP contribution in [0, 0.1) is 5.92 Å². The van der Waals surface area contributed by atoms with Gasteiger partial charge in [-0.3, -0.25) is 4.79 Å². The summed E-state index contributed by atoms with van der Waals surface area (Å²) in [5.74, 6) is -8.90. The van der Waals surface area contributed by atoms with E-state index in [2.05, 4.69) is 0 Å². The SMILES string of the molecule is CC(C)CC(NC(=O)C(F)(F)C(F)F)C(=O)O. The highest BCUT2D eigenvalue weighted by Crippen LogP contribution is 2.23. The number of rotatable bonds is 6. The van der Waals surface area contributed by atoms with Gasteiger partial charge in [-0.25, -0.2) is 13.6 Å². The number of aliphatic carboxylic acids is 1. The first kappa shape index (κ1) is 15.7. The van der Waals surface area contributed by atoms with Gasteiger partial charge in [-0.15, -0.1) is 0 Å². The highest BCUT2D eigenvalue weighted by molar-refractivity contribution is 5.88. The molecule has 0 heterocycles. The molecule has 100 valence electrons.